The van der Waals surface area contributed by atoms with E-state index in [0.717, 1.165) is 18.7 Å². The van der Waals surface area contributed by atoms with E-state index in [-0.39, 0.29) is 28.9 Å². The van der Waals surface area contributed by atoms with Gasteiger partial charge < -0.3 is 15.1 Å². The van der Waals surface area contributed by atoms with E-state index in [4.69, 9.17) is 0 Å². The Kier molecular flexibility index (Phi) is 6.22. The molecule has 0 saturated carbocycles. The molecule has 3 amide bonds. The van der Waals surface area contributed by atoms with Crippen molar-refractivity contribution < 1.29 is 9.59 Å². The molecular weight excluding hydrogens is 364 g/mol. The van der Waals surface area contributed by atoms with E-state index in [0.29, 0.717) is 32.6 Å². The van der Waals surface area contributed by atoms with Crippen LogP contribution in [0.5, 0.6) is 0 Å². The van der Waals surface area contributed by atoms with Crippen molar-refractivity contribution in [3.8, 4) is 0 Å². The third-order valence-electron chi connectivity index (χ3n) is 5.88. The first-order valence-electron chi connectivity index (χ1n) is 10.7. The largest absolute Gasteiger partial charge is 0.340 e. The fourth-order valence-electron chi connectivity index (χ4n) is 4.52. The molecule has 2 heterocycles. The Hall–Kier alpha value is -2.08. The molecular formula is C23H36N4O2. The zero-order valence-electron chi connectivity index (χ0n) is 18.6. The van der Waals surface area contributed by atoms with Gasteiger partial charge >= 0.3 is 6.03 Å². The Balaban J connectivity index is 1.63. The summed E-state index contributed by atoms with van der Waals surface area (Å²) >= 11 is 0. The van der Waals surface area contributed by atoms with E-state index in [2.05, 4.69) is 44.8 Å². The van der Waals surface area contributed by atoms with E-state index in [1.54, 1.807) is 0 Å². The van der Waals surface area contributed by atoms with Gasteiger partial charge in [0.25, 0.3) is 0 Å². The third kappa shape index (κ3) is 5.50. The molecule has 2 saturated heterocycles. The van der Waals surface area contributed by atoms with Crippen LogP contribution in [0.15, 0.2) is 30.3 Å². The highest BCUT2D eigenvalue weighted by Gasteiger charge is 2.44. The van der Waals surface area contributed by atoms with Crippen LogP contribution in [-0.4, -0.2) is 70.9 Å². The summed E-state index contributed by atoms with van der Waals surface area (Å²) in [6.45, 7) is 14.9. The first kappa shape index (κ1) is 21.6. The Labute approximate surface area is 175 Å². The zero-order chi connectivity index (χ0) is 21.2. The van der Waals surface area contributed by atoms with Crippen LogP contribution < -0.4 is 5.32 Å². The number of fused-ring (bicyclic) bond motifs is 1. The average molecular weight is 401 g/mol. The molecule has 0 aromatic heterocycles. The lowest BCUT2D eigenvalue weighted by atomic mass is 9.90. The molecule has 6 nitrogen and oxygen atoms in total. The van der Waals surface area contributed by atoms with Gasteiger partial charge in [-0.05, 0) is 24.8 Å². The van der Waals surface area contributed by atoms with Crippen molar-refractivity contribution >= 4 is 11.9 Å². The molecule has 2 aliphatic heterocycles. The molecule has 2 aliphatic rings. The number of nitrogens with zero attached hydrogens (tertiary/aromatic N) is 3. The third-order valence-corrected chi connectivity index (χ3v) is 5.88. The highest BCUT2D eigenvalue weighted by Crippen LogP contribution is 2.29. The molecule has 0 radical (unpaired) electrons. The van der Waals surface area contributed by atoms with Gasteiger partial charge in [0.1, 0.15) is 0 Å². The lowest BCUT2D eigenvalue weighted by Crippen LogP contribution is -2.71. The van der Waals surface area contributed by atoms with Crippen molar-refractivity contribution in [2.75, 3.05) is 32.7 Å². The summed E-state index contributed by atoms with van der Waals surface area (Å²) in [6.07, 6.45) is 0.560. The van der Waals surface area contributed by atoms with Crippen molar-refractivity contribution in [3.63, 3.8) is 0 Å². The van der Waals surface area contributed by atoms with Crippen LogP contribution >= 0.6 is 0 Å². The number of carbonyl (C=O) groups is 2. The summed E-state index contributed by atoms with van der Waals surface area (Å²) in [6, 6.07) is 10.1. The van der Waals surface area contributed by atoms with Crippen LogP contribution in [0.1, 0.15) is 46.6 Å². The van der Waals surface area contributed by atoms with Gasteiger partial charge in [-0.3, -0.25) is 9.69 Å². The average Bonchev–Trinajstić information content (AvgIpc) is 2.64. The quantitative estimate of drug-likeness (QED) is 0.849. The van der Waals surface area contributed by atoms with Crippen LogP contribution in [0.4, 0.5) is 4.79 Å². The molecule has 0 aliphatic carbocycles. The SMILES string of the molecule is CC(C)(C)CC(=O)N1CCN2[C@@H](C1)CN(C(=O)NCc1ccccc1)CC2(C)C. The predicted molar refractivity (Wildman–Crippen MR) is 115 cm³/mol. The number of benzene rings is 1. The molecule has 0 unspecified atom stereocenters. The summed E-state index contributed by atoms with van der Waals surface area (Å²) in [5.41, 5.74) is 0.977. The maximum absolute atomic E-state index is 12.9. The number of rotatable bonds is 3. The maximum Gasteiger partial charge on any atom is 0.317 e. The molecule has 29 heavy (non-hydrogen) atoms. The van der Waals surface area contributed by atoms with Gasteiger partial charge in [0.05, 0.1) is 0 Å². The molecule has 0 bridgehead atoms. The highest BCUT2D eigenvalue weighted by atomic mass is 16.2. The Morgan fingerprint density at radius 1 is 1.07 bits per heavy atom. The zero-order valence-corrected chi connectivity index (χ0v) is 18.6. The summed E-state index contributed by atoms with van der Waals surface area (Å²) in [5, 5.41) is 3.05. The van der Waals surface area contributed by atoms with Crippen molar-refractivity contribution in [3.05, 3.63) is 35.9 Å². The van der Waals surface area contributed by atoms with E-state index >= 15 is 0 Å². The summed E-state index contributed by atoms with van der Waals surface area (Å²) < 4.78 is 0. The second-order valence-electron chi connectivity index (χ2n) is 10.3. The number of hydrogen-bond donors (Lipinski definition) is 1. The number of nitrogens with one attached hydrogen (secondary N) is 1. The normalized spacial score (nSPS) is 22.2. The fourth-order valence-corrected chi connectivity index (χ4v) is 4.52. The van der Waals surface area contributed by atoms with E-state index < -0.39 is 0 Å². The van der Waals surface area contributed by atoms with Gasteiger partial charge in [0.2, 0.25) is 5.91 Å². The minimum atomic E-state index is -0.105. The van der Waals surface area contributed by atoms with E-state index in [1.165, 1.54) is 0 Å². The molecule has 2 fully saturated rings. The first-order chi connectivity index (χ1) is 13.5. The van der Waals surface area contributed by atoms with Gasteiger partial charge in [0, 0.05) is 57.3 Å². The van der Waals surface area contributed by atoms with Crippen molar-refractivity contribution in [2.24, 2.45) is 5.41 Å². The van der Waals surface area contributed by atoms with Crippen LogP contribution in [0, 0.1) is 5.41 Å². The molecule has 6 heteroatoms. The Morgan fingerprint density at radius 2 is 1.72 bits per heavy atom. The van der Waals surface area contributed by atoms with Crippen LogP contribution in [0.3, 0.4) is 0 Å². The predicted octanol–water partition coefficient (Wildman–Crippen LogP) is 2.94. The van der Waals surface area contributed by atoms with E-state index in [1.807, 2.05) is 40.1 Å². The smallest absolute Gasteiger partial charge is 0.317 e. The molecule has 1 N–H and O–H groups in total. The second kappa shape index (κ2) is 8.34. The maximum atomic E-state index is 12.9. The number of piperazine rings is 2. The second-order valence-corrected chi connectivity index (χ2v) is 10.3. The lowest BCUT2D eigenvalue weighted by Gasteiger charge is -2.55. The monoisotopic (exact) mass is 400 g/mol. The fraction of sp³-hybridized carbons (Fsp3) is 0.652. The summed E-state index contributed by atoms with van der Waals surface area (Å²) in [4.78, 5) is 32.0. The topological polar surface area (TPSA) is 55.9 Å². The number of hydrogen-bond acceptors (Lipinski definition) is 3. The minimum absolute atomic E-state index is 0.0105. The van der Waals surface area contributed by atoms with Gasteiger partial charge in [-0.25, -0.2) is 4.79 Å². The molecule has 1 aromatic rings. The number of amides is 3. The summed E-state index contributed by atoms with van der Waals surface area (Å²) in [5.74, 6) is 0.223. The minimum Gasteiger partial charge on any atom is -0.340 e. The Morgan fingerprint density at radius 3 is 2.38 bits per heavy atom. The summed E-state index contributed by atoms with van der Waals surface area (Å²) in [7, 11) is 0. The van der Waals surface area contributed by atoms with Crippen molar-refractivity contribution in [1.82, 2.24) is 20.0 Å². The van der Waals surface area contributed by atoms with Crippen LogP contribution in [-0.2, 0) is 11.3 Å². The van der Waals surface area contributed by atoms with Gasteiger partial charge in [-0.2, -0.15) is 0 Å². The lowest BCUT2D eigenvalue weighted by molar-refractivity contribution is -0.139. The van der Waals surface area contributed by atoms with E-state index in [9.17, 15) is 9.59 Å². The van der Waals surface area contributed by atoms with Crippen molar-refractivity contribution in [1.29, 1.82) is 0 Å². The van der Waals surface area contributed by atoms with Gasteiger partial charge in [-0.1, -0.05) is 51.1 Å². The number of carbonyl (C=O) groups excluding carboxylic acids is 2. The Bertz CT molecular complexity index is 726. The highest BCUT2D eigenvalue weighted by molar-refractivity contribution is 5.77. The molecule has 3 rings (SSSR count). The van der Waals surface area contributed by atoms with Gasteiger partial charge in [-0.15, -0.1) is 0 Å². The first-order valence-corrected chi connectivity index (χ1v) is 10.7. The van der Waals surface area contributed by atoms with Crippen LogP contribution in [0.2, 0.25) is 0 Å². The molecule has 160 valence electrons. The number of urea groups is 1. The molecule has 1 aromatic carbocycles. The van der Waals surface area contributed by atoms with Crippen LogP contribution in [0.25, 0.3) is 0 Å². The standard InChI is InChI=1S/C23H36N4O2/c1-22(2,3)13-20(28)25-11-12-27-19(15-25)16-26(17-23(27,4)5)21(29)24-14-18-9-7-6-8-10-18/h6-10,19H,11-17H2,1-5H3,(H,24,29)/t19-/m0/s1. The molecule has 1 atom stereocenters. The molecule has 0 spiro atoms. The van der Waals surface area contributed by atoms with Crippen molar-refractivity contribution in [2.45, 2.75) is 59.2 Å². The van der Waals surface area contributed by atoms with Gasteiger partial charge in [0.15, 0.2) is 0 Å².